The molecule has 1 unspecified atom stereocenters. The van der Waals surface area contributed by atoms with Crippen LogP contribution in [0.5, 0.6) is 0 Å². The third kappa shape index (κ3) is 2.95. The van der Waals surface area contributed by atoms with E-state index in [-0.39, 0.29) is 18.0 Å². The highest BCUT2D eigenvalue weighted by atomic mass is 32.2. The van der Waals surface area contributed by atoms with Crippen molar-refractivity contribution in [3.05, 3.63) is 29.8 Å². The summed E-state index contributed by atoms with van der Waals surface area (Å²) in [5.74, 6) is 1.26. The van der Waals surface area contributed by atoms with Crippen LogP contribution in [0, 0.1) is 0 Å². The molecule has 2 heterocycles. The van der Waals surface area contributed by atoms with Gasteiger partial charge in [0.15, 0.2) is 0 Å². The molecule has 3 rings (SSSR count). The zero-order valence-electron chi connectivity index (χ0n) is 11.0. The number of carbonyl (C=O) groups excluding carboxylic acids is 1. The van der Waals surface area contributed by atoms with Crippen molar-refractivity contribution >= 4 is 17.7 Å². The number of amides is 1. The van der Waals surface area contributed by atoms with E-state index in [9.17, 15) is 4.79 Å². The molecule has 1 saturated heterocycles. The predicted molar refractivity (Wildman–Crippen MR) is 78.3 cm³/mol. The second-order valence-corrected chi connectivity index (χ2v) is 6.38. The number of fused-ring (bicyclic) bond motifs is 1. The molecule has 0 bridgehead atoms. The third-order valence-corrected chi connectivity index (χ3v) is 5.02. The van der Waals surface area contributed by atoms with Gasteiger partial charge < -0.3 is 10.6 Å². The third-order valence-electron chi connectivity index (χ3n) is 3.90. The summed E-state index contributed by atoms with van der Waals surface area (Å²) in [5, 5.41) is 6.55. The number of rotatable bonds is 2. The highest BCUT2D eigenvalue weighted by Gasteiger charge is 2.26. The fourth-order valence-corrected chi connectivity index (χ4v) is 3.97. The Kier molecular flexibility index (Phi) is 4.09. The Balaban J connectivity index is 1.68. The quantitative estimate of drug-likeness (QED) is 0.872. The summed E-state index contributed by atoms with van der Waals surface area (Å²) in [4.78, 5) is 13.6. The number of thioether (sulfide) groups is 1. The van der Waals surface area contributed by atoms with Crippen LogP contribution in [-0.2, 0) is 4.79 Å². The van der Waals surface area contributed by atoms with Gasteiger partial charge in [-0.05, 0) is 37.4 Å². The summed E-state index contributed by atoms with van der Waals surface area (Å²) < 4.78 is 0. The molecule has 19 heavy (non-hydrogen) atoms. The molecule has 2 atom stereocenters. The summed E-state index contributed by atoms with van der Waals surface area (Å²) in [6.07, 6.45) is 4.34. The van der Waals surface area contributed by atoms with Gasteiger partial charge in [-0.15, -0.1) is 11.8 Å². The second-order valence-electron chi connectivity index (χ2n) is 5.24. The van der Waals surface area contributed by atoms with E-state index in [2.05, 4.69) is 34.9 Å². The molecule has 1 amide bonds. The van der Waals surface area contributed by atoms with Crippen molar-refractivity contribution in [1.29, 1.82) is 0 Å². The maximum Gasteiger partial charge on any atom is 0.237 e. The molecule has 2 aliphatic rings. The Morgan fingerprint density at radius 3 is 3.00 bits per heavy atom. The number of benzene rings is 1. The summed E-state index contributed by atoms with van der Waals surface area (Å²) in [7, 11) is 0. The summed E-state index contributed by atoms with van der Waals surface area (Å²) in [6, 6.07) is 8.61. The van der Waals surface area contributed by atoms with Crippen LogP contribution >= 0.6 is 11.8 Å². The Hall–Kier alpha value is -1.00. The minimum atomic E-state index is 0.00971. The van der Waals surface area contributed by atoms with Gasteiger partial charge in [0, 0.05) is 10.6 Å². The largest absolute Gasteiger partial charge is 0.348 e. The van der Waals surface area contributed by atoms with Gasteiger partial charge in [0.05, 0.1) is 12.1 Å². The molecule has 0 radical (unpaired) electrons. The first-order chi connectivity index (χ1) is 9.34. The summed E-state index contributed by atoms with van der Waals surface area (Å²) >= 11 is 1.89. The minimum Gasteiger partial charge on any atom is -0.348 e. The van der Waals surface area contributed by atoms with Gasteiger partial charge in [-0.3, -0.25) is 4.79 Å². The van der Waals surface area contributed by atoms with Crippen LogP contribution in [0.25, 0.3) is 0 Å². The molecule has 2 N–H and O–H groups in total. The normalized spacial score (nSPS) is 26.5. The van der Waals surface area contributed by atoms with E-state index < -0.39 is 0 Å². The van der Waals surface area contributed by atoms with Crippen molar-refractivity contribution in [2.45, 2.75) is 42.7 Å². The van der Waals surface area contributed by atoms with E-state index in [0.29, 0.717) is 0 Å². The molecular formula is C15H20N2OS. The molecular weight excluding hydrogens is 256 g/mol. The van der Waals surface area contributed by atoms with Crippen molar-refractivity contribution in [2.24, 2.45) is 0 Å². The lowest BCUT2D eigenvalue weighted by atomic mass is 10.0. The van der Waals surface area contributed by atoms with Gasteiger partial charge in [0.1, 0.15) is 0 Å². The average molecular weight is 276 g/mol. The van der Waals surface area contributed by atoms with E-state index in [0.717, 1.165) is 31.6 Å². The maximum absolute atomic E-state index is 12.3. The second kappa shape index (κ2) is 5.97. The first kappa shape index (κ1) is 13.0. The lowest BCUT2D eigenvalue weighted by Gasteiger charge is -2.29. The predicted octanol–water partition coefficient (Wildman–Crippen LogP) is 2.48. The van der Waals surface area contributed by atoms with E-state index >= 15 is 0 Å². The minimum absolute atomic E-state index is 0.00971. The van der Waals surface area contributed by atoms with Gasteiger partial charge >= 0.3 is 0 Å². The van der Waals surface area contributed by atoms with Crippen molar-refractivity contribution in [3.63, 3.8) is 0 Å². The van der Waals surface area contributed by atoms with Gasteiger partial charge in [-0.1, -0.05) is 24.6 Å². The molecule has 0 saturated carbocycles. The van der Waals surface area contributed by atoms with Gasteiger partial charge in [0.2, 0.25) is 5.91 Å². The van der Waals surface area contributed by atoms with Crippen LogP contribution in [0.2, 0.25) is 0 Å². The lowest BCUT2D eigenvalue weighted by Crippen LogP contribution is -2.47. The van der Waals surface area contributed by atoms with E-state index in [1.54, 1.807) is 0 Å². The first-order valence-electron chi connectivity index (χ1n) is 7.10. The SMILES string of the molecule is O=C(NC1CCSc2ccccc21)[C@@H]1CCCCN1. The van der Waals surface area contributed by atoms with Crippen LogP contribution in [0.1, 0.15) is 37.3 Å². The Morgan fingerprint density at radius 1 is 1.26 bits per heavy atom. The number of hydrogen-bond donors (Lipinski definition) is 2. The summed E-state index contributed by atoms with van der Waals surface area (Å²) in [5.41, 5.74) is 1.28. The monoisotopic (exact) mass is 276 g/mol. The van der Waals surface area contributed by atoms with Crippen molar-refractivity contribution in [2.75, 3.05) is 12.3 Å². The lowest BCUT2D eigenvalue weighted by molar-refractivity contribution is -0.124. The maximum atomic E-state index is 12.3. The van der Waals surface area contributed by atoms with Gasteiger partial charge in [0.25, 0.3) is 0 Å². The fraction of sp³-hybridized carbons (Fsp3) is 0.533. The molecule has 3 nitrogen and oxygen atoms in total. The number of piperidine rings is 1. The van der Waals surface area contributed by atoms with Crippen LogP contribution < -0.4 is 10.6 Å². The highest BCUT2D eigenvalue weighted by Crippen LogP contribution is 2.35. The Bertz CT molecular complexity index is 457. The highest BCUT2D eigenvalue weighted by molar-refractivity contribution is 7.99. The summed E-state index contributed by atoms with van der Waals surface area (Å²) in [6.45, 7) is 0.967. The molecule has 1 aromatic carbocycles. The molecule has 4 heteroatoms. The van der Waals surface area contributed by atoms with E-state index in [4.69, 9.17) is 0 Å². The van der Waals surface area contributed by atoms with Crippen LogP contribution in [0.15, 0.2) is 29.2 Å². The Labute approximate surface area is 118 Å². The van der Waals surface area contributed by atoms with Crippen LogP contribution in [0.4, 0.5) is 0 Å². The van der Waals surface area contributed by atoms with E-state index in [1.165, 1.54) is 16.9 Å². The number of carbonyl (C=O) groups is 1. The fourth-order valence-electron chi connectivity index (χ4n) is 2.84. The molecule has 102 valence electrons. The van der Waals surface area contributed by atoms with E-state index in [1.807, 2.05) is 11.8 Å². The molecule has 0 aliphatic carbocycles. The molecule has 0 spiro atoms. The topological polar surface area (TPSA) is 41.1 Å². The van der Waals surface area contributed by atoms with Crippen LogP contribution in [-0.4, -0.2) is 24.2 Å². The molecule has 2 aliphatic heterocycles. The molecule has 1 aromatic rings. The van der Waals surface area contributed by atoms with Crippen molar-refractivity contribution in [1.82, 2.24) is 10.6 Å². The smallest absolute Gasteiger partial charge is 0.237 e. The van der Waals surface area contributed by atoms with Gasteiger partial charge in [-0.2, -0.15) is 0 Å². The van der Waals surface area contributed by atoms with Crippen LogP contribution in [0.3, 0.4) is 0 Å². The zero-order valence-corrected chi connectivity index (χ0v) is 11.8. The van der Waals surface area contributed by atoms with Gasteiger partial charge in [-0.25, -0.2) is 0 Å². The molecule has 1 fully saturated rings. The number of hydrogen-bond acceptors (Lipinski definition) is 3. The molecule has 0 aromatic heterocycles. The van der Waals surface area contributed by atoms with Crippen molar-refractivity contribution < 1.29 is 4.79 Å². The number of nitrogens with one attached hydrogen (secondary N) is 2. The average Bonchev–Trinajstić information content (AvgIpc) is 2.48. The zero-order chi connectivity index (χ0) is 13.1. The first-order valence-corrected chi connectivity index (χ1v) is 8.08. The van der Waals surface area contributed by atoms with Crippen molar-refractivity contribution in [3.8, 4) is 0 Å². The standard InChI is InChI=1S/C15H20N2OS/c18-15(13-6-3-4-9-16-13)17-12-8-10-19-14-7-2-1-5-11(12)14/h1-2,5,7,12-13,16H,3-4,6,8-10H2,(H,17,18)/t12?,13-/m0/s1. The Morgan fingerprint density at radius 2 is 2.16 bits per heavy atom.